The van der Waals surface area contributed by atoms with Gasteiger partial charge in [0.2, 0.25) is 0 Å². The summed E-state index contributed by atoms with van der Waals surface area (Å²) >= 11 is 15.2. The van der Waals surface area contributed by atoms with E-state index in [1.165, 1.54) is 0 Å². The monoisotopic (exact) mass is 389 g/mol. The Morgan fingerprint density at radius 3 is 2.43 bits per heavy atom. The molecule has 6 heteroatoms. The Bertz CT molecular complexity index is 627. The van der Waals surface area contributed by atoms with E-state index in [-0.39, 0.29) is 15.8 Å². The summed E-state index contributed by atoms with van der Waals surface area (Å²) < 4.78 is 6.38. The number of aromatic hydroxyl groups is 1. The van der Waals surface area contributed by atoms with Crippen molar-refractivity contribution in [2.45, 2.75) is 13.5 Å². The van der Waals surface area contributed by atoms with E-state index in [0.29, 0.717) is 13.2 Å². The topological polar surface area (TPSA) is 41.5 Å². The van der Waals surface area contributed by atoms with Crippen molar-refractivity contribution in [3.63, 3.8) is 0 Å². The Kier molecular flexibility index (Phi) is 5.62. The van der Waals surface area contributed by atoms with Gasteiger partial charge in [0, 0.05) is 12.2 Å². The first-order valence-corrected chi connectivity index (χ1v) is 7.89. The molecule has 0 aliphatic heterocycles. The fourth-order valence-electron chi connectivity index (χ4n) is 1.80. The lowest BCUT2D eigenvalue weighted by Gasteiger charge is -2.11. The SMILES string of the molecule is CCOc1ccc(CNc2cc(Cl)c(O)c(Cl)c2)cc1Br. The Morgan fingerprint density at radius 1 is 1.19 bits per heavy atom. The molecular weight excluding hydrogens is 377 g/mol. The number of phenolic OH excluding ortho intramolecular Hbond substituents is 1. The van der Waals surface area contributed by atoms with E-state index < -0.39 is 0 Å². The molecule has 2 aromatic rings. The fourth-order valence-corrected chi connectivity index (χ4v) is 2.83. The molecule has 0 amide bonds. The maximum atomic E-state index is 9.52. The van der Waals surface area contributed by atoms with Crippen molar-refractivity contribution in [3.05, 3.63) is 50.4 Å². The van der Waals surface area contributed by atoms with E-state index in [1.54, 1.807) is 12.1 Å². The molecule has 21 heavy (non-hydrogen) atoms. The van der Waals surface area contributed by atoms with E-state index in [4.69, 9.17) is 27.9 Å². The van der Waals surface area contributed by atoms with Crippen LogP contribution in [0.4, 0.5) is 5.69 Å². The highest BCUT2D eigenvalue weighted by molar-refractivity contribution is 9.10. The number of phenols is 1. The average molecular weight is 391 g/mol. The molecule has 0 radical (unpaired) electrons. The minimum Gasteiger partial charge on any atom is -0.505 e. The first-order valence-electron chi connectivity index (χ1n) is 6.34. The van der Waals surface area contributed by atoms with E-state index in [0.717, 1.165) is 21.5 Å². The Balaban J connectivity index is 2.08. The van der Waals surface area contributed by atoms with Crippen LogP contribution in [0.5, 0.6) is 11.5 Å². The van der Waals surface area contributed by atoms with Crippen molar-refractivity contribution in [1.82, 2.24) is 0 Å². The molecule has 3 nitrogen and oxygen atoms in total. The molecule has 2 rings (SSSR count). The largest absolute Gasteiger partial charge is 0.505 e. The van der Waals surface area contributed by atoms with Crippen LogP contribution in [0.1, 0.15) is 12.5 Å². The molecule has 0 atom stereocenters. The molecular formula is C15H14BrCl2NO2. The summed E-state index contributed by atoms with van der Waals surface area (Å²) in [6.07, 6.45) is 0. The van der Waals surface area contributed by atoms with Gasteiger partial charge in [0.15, 0.2) is 5.75 Å². The molecule has 0 unspecified atom stereocenters. The highest BCUT2D eigenvalue weighted by atomic mass is 79.9. The average Bonchev–Trinajstić information content (AvgIpc) is 2.45. The second-order valence-corrected chi connectivity index (χ2v) is 6.01. The van der Waals surface area contributed by atoms with Gasteiger partial charge in [-0.05, 0) is 52.7 Å². The van der Waals surface area contributed by atoms with Crippen molar-refractivity contribution in [1.29, 1.82) is 0 Å². The van der Waals surface area contributed by atoms with Gasteiger partial charge in [0.05, 0.1) is 21.1 Å². The van der Waals surface area contributed by atoms with Crippen LogP contribution in [0.25, 0.3) is 0 Å². The number of ether oxygens (including phenoxy) is 1. The van der Waals surface area contributed by atoms with E-state index in [9.17, 15) is 5.11 Å². The summed E-state index contributed by atoms with van der Waals surface area (Å²) in [5, 5.41) is 13.2. The van der Waals surface area contributed by atoms with Gasteiger partial charge in [0.1, 0.15) is 5.75 Å². The molecule has 0 saturated heterocycles. The molecule has 0 fully saturated rings. The van der Waals surface area contributed by atoms with Crippen LogP contribution in [0, 0.1) is 0 Å². The third kappa shape index (κ3) is 4.19. The Labute approximate surface area is 142 Å². The smallest absolute Gasteiger partial charge is 0.152 e. The van der Waals surface area contributed by atoms with Crippen molar-refractivity contribution in [2.24, 2.45) is 0 Å². The molecule has 0 aliphatic rings. The summed E-state index contributed by atoms with van der Waals surface area (Å²) in [4.78, 5) is 0. The maximum Gasteiger partial charge on any atom is 0.152 e. The van der Waals surface area contributed by atoms with E-state index in [1.807, 2.05) is 25.1 Å². The molecule has 0 spiro atoms. The molecule has 112 valence electrons. The molecule has 0 saturated carbocycles. The quantitative estimate of drug-likeness (QED) is 0.664. The molecule has 0 heterocycles. The molecule has 2 N–H and O–H groups in total. The molecule has 0 aromatic heterocycles. The number of anilines is 1. The van der Waals surface area contributed by atoms with Crippen molar-refractivity contribution in [3.8, 4) is 11.5 Å². The zero-order chi connectivity index (χ0) is 15.4. The van der Waals surface area contributed by atoms with Crippen LogP contribution in [0.3, 0.4) is 0 Å². The number of rotatable bonds is 5. The minimum atomic E-state index is -0.104. The predicted molar refractivity (Wildman–Crippen MR) is 90.8 cm³/mol. The summed E-state index contributed by atoms with van der Waals surface area (Å²) in [6.45, 7) is 3.17. The van der Waals surface area contributed by atoms with Crippen LogP contribution < -0.4 is 10.1 Å². The van der Waals surface area contributed by atoms with Crippen LogP contribution in [0.2, 0.25) is 10.0 Å². The van der Waals surface area contributed by atoms with Crippen molar-refractivity contribution >= 4 is 44.8 Å². The zero-order valence-corrected chi connectivity index (χ0v) is 14.4. The predicted octanol–water partition coefficient (Wildman–Crippen LogP) is 5.47. The van der Waals surface area contributed by atoms with Gasteiger partial charge in [-0.25, -0.2) is 0 Å². The van der Waals surface area contributed by atoms with Gasteiger partial charge in [-0.3, -0.25) is 0 Å². The van der Waals surface area contributed by atoms with Gasteiger partial charge in [-0.15, -0.1) is 0 Å². The van der Waals surface area contributed by atoms with Crippen molar-refractivity contribution < 1.29 is 9.84 Å². The van der Waals surface area contributed by atoms with Gasteiger partial charge >= 0.3 is 0 Å². The number of nitrogens with one attached hydrogen (secondary N) is 1. The number of hydrogen-bond acceptors (Lipinski definition) is 3. The normalized spacial score (nSPS) is 10.5. The maximum absolute atomic E-state index is 9.52. The van der Waals surface area contributed by atoms with Crippen molar-refractivity contribution in [2.75, 3.05) is 11.9 Å². The minimum absolute atomic E-state index is 0.104. The highest BCUT2D eigenvalue weighted by Gasteiger charge is 2.07. The van der Waals surface area contributed by atoms with Gasteiger partial charge in [-0.1, -0.05) is 29.3 Å². The van der Waals surface area contributed by atoms with Gasteiger partial charge in [0.25, 0.3) is 0 Å². The van der Waals surface area contributed by atoms with Crippen LogP contribution in [-0.2, 0) is 6.54 Å². The van der Waals surface area contributed by atoms with E-state index in [2.05, 4.69) is 21.2 Å². The number of hydrogen-bond donors (Lipinski definition) is 2. The summed E-state index contributed by atoms with van der Waals surface area (Å²) in [6, 6.07) is 9.15. The van der Waals surface area contributed by atoms with Crippen LogP contribution >= 0.6 is 39.1 Å². The lowest BCUT2D eigenvalue weighted by Crippen LogP contribution is -2.00. The Morgan fingerprint density at radius 2 is 1.86 bits per heavy atom. The van der Waals surface area contributed by atoms with Crippen LogP contribution in [-0.4, -0.2) is 11.7 Å². The lowest BCUT2D eigenvalue weighted by atomic mass is 10.2. The summed E-state index contributed by atoms with van der Waals surface area (Å²) in [7, 11) is 0. The molecule has 0 aliphatic carbocycles. The highest BCUT2D eigenvalue weighted by Crippen LogP contribution is 2.35. The third-order valence-corrected chi connectivity index (χ3v) is 4.01. The second kappa shape index (κ2) is 7.25. The number of benzene rings is 2. The van der Waals surface area contributed by atoms with Crippen LogP contribution in [0.15, 0.2) is 34.8 Å². The van der Waals surface area contributed by atoms with Gasteiger partial charge < -0.3 is 15.2 Å². The van der Waals surface area contributed by atoms with Gasteiger partial charge in [-0.2, -0.15) is 0 Å². The lowest BCUT2D eigenvalue weighted by molar-refractivity contribution is 0.338. The zero-order valence-electron chi connectivity index (χ0n) is 11.3. The molecule has 2 aromatic carbocycles. The third-order valence-electron chi connectivity index (χ3n) is 2.81. The number of halogens is 3. The standard InChI is InChI=1S/C15H14BrCl2NO2/c1-2-21-14-4-3-9(5-11(14)16)8-19-10-6-12(17)15(20)13(18)7-10/h3-7,19-20H,2,8H2,1H3. The first-order chi connectivity index (χ1) is 10.0. The van der Waals surface area contributed by atoms with E-state index >= 15 is 0 Å². The summed E-state index contributed by atoms with van der Waals surface area (Å²) in [5.41, 5.74) is 1.82. The molecule has 0 bridgehead atoms. The Hall–Kier alpha value is -1.10. The summed E-state index contributed by atoms with van der Waals surface area (Å²) in [5.74, 6) is 0.713. The second-order valence-electron chi connectivity index (χ2n) is 4.34. The fraction of sp³-hybridized carbons (Fsp3) is 0.200. The first kappa shape index (κ1) is 16.3.